The number of nitro benzene ring substituents is 1. The molecule has 1 atom stereocenters. The van der Waals surface area contributed by atoms with Gasteiger partial charge >= 0.3 is 5.97 Å². The molecular formula is C14H19N3O4. The van der Waals surface area contributed by atoms with Gasteiger partial charge < -0.3 is 15.0 Å². The predicted molar refractivity (Wildman–Crippen MR) is 78.5 cm³/mol. The Morgan fingerprint density at radius 3 is 3.00 bits per heavy atom. The molecule has 7 heteroatoms. The number of nitrogens with one attached hydrogen (secondary N) is 1. The van der Waals surface area contributed by atoms with Crippen molar-refractivity contribution in [2.24, 2.45) is 0 Å². The molecular weight excluding hydrogens is 274 g/mol. The van der Waals surface area contributed by atoms with E-state index in [1.165, 1.54) is 6.07 Å². The Labute approximate surface area is 123 Å². The standard InChI is InChI=1S/C14H19N3O4/c1-3-21-14(18)13-9-15-6-7-16(13)11-5-4-10(2)12(8-11)17(19)20/h4-5,8,13,15H,3,6-7,9H2,1-2H3. The van der Waals surface area contributed by atoms with Crippen LogP contribution >= 0.6 is 0 Å². The van der Waals surface area contributed by atoms with Crippen molar-refractivity contribution in [2.75, 3.05) is 31.1 Å². The molecule has 1 aromatic carbocycles. The summed E-state index contributed by atoms with van der Waals surface area (Å²) in [4.78, 5) is 24.5. The first-order valence-electron chi connectivity index (χ1n) is 6.93. The number of hydrogen-bond acceptors (Lipinski definition) is 6. The summed E-state index contributed by atoms with van der Waals surface area (Å²) in [6, 6.07) is 4.57. The predicted octanol–water partition coefficient (Wildman–Crippen LogP) is 1.24. The Balaban J connectivity index is 2.31. The number of esters is 1. The molecule has 1 unspecified atom stereocenters. The molecule has 7 nitrogen and oxygen atoms in total. The quantitative estimate of drug-likeness (QED) is 0.511. The highest BCUT2D eigenvalue weighted by Gasteiger charge is 2.30. The van der Waals surface area contributed by atoms with E-state index in [0.29, 0.717) is 30.9 Å². The summed E-state index contributed by atoms with van der Waals surface area (Å²) >= 11 is 0. The number of piperazine rings is 1. The maximum atomic E-state index is 12.0. The summed E-state index contributed by atoms with van der Waals surface area (Å²) in [6.45, 7) is 5.57. The van der Waals surface area contributed by atoms with E-state index >= 15 is 0 Å². The fourth-order valence-electron chi connectivity index (χ4n) is 2.44. The van der Waals surface area contributed by atoms with E-state index < -0.39 is 11.0 Å². The smallest absolute Gasteiger partial charge is 0.330 e. The summed E-state index contributed by atoms with van der Waals surface area (Å²) in [5.41, 5.74) is 1.34. The first-order valence-corrected chi connectivity index (χ1v) is 6.93. The molecule has 1 N–H and O–H groups in total. The molecule has 0 bridgehead atoms. The Bertz CT molecular complexity index is 547. The molecule has 1 saturated heterocycles. The van der Waals surface area contributed by atoms with Gasteiger partial charge in [0.05, 0.1) is 11.5 Å². The average Bonchev–Trinajstić information content (AvgIpc) is 2.47. The zero-order valence-electron chi connectivity index (χ0n) is 12.2. The van der Waals surface area contributed by atoms with E-state index in [1.807, 2.05) is 4.90 Å². The van der Waals surface area contributed by atoms with Gasteiger partial charge in [-0.05, 0) is 19.9 Å². The number of carbonyl (C=O) groups is 1. The molecule has 0 amide bonds. The van der Waals surface area contributed by atoms with Gasteiger partial charge in [0.25, 0.3) is 5.69 Å². The summed E-state index contributed by atoms with van der Waals surface area (Å²) in [6.07, 6.45) is 0. The molecule has 2 rings (SSSR count). The van der Waals surface area contributed by atoms with Crippen molar-refractivity contribution in [1.82, 2.24) is 5.32 Å². The van der Waals surface area contributed by atoms with E-state index in [0.717, 1.165) is 6.54 Å². The van der Waals surface area contributed by atoms with Crippen LogP contribution < -0.4 is 10.2 Å². The summed E-state index contributed by atoms with van der Waals surface area (Å²) < 4.78 is 5.08. The second kappa shape index (κ2) is 6.53. The minimum atomic E-state index is -0.457. The summed E-state index contributed by atoms with van der Waals surface area (Å²) in [5.74, 6) is -0.312. The number of aryl methyl sites for hydroxylation is 1. The molecule has 0 aromatic heterocycles. The highest BCUT2D eigenvalue weighted by Crippen LogP contribution is 2.27. The molecule has 1 fully saturated rings. The van der Waals surface area contributed by atoms with Crippen LogP contribution in [0.4, 0.5) is 11.4 Å². The van der Waals surface area contributed by atoms with Crippen LogP contribution in [0.2, 0.25) is 0 Å². The SMILES string of the molecule is CCOC(=O)C1CNCCN1c1ccc(C)c([N+](=O)[O-])c1. The number of ether oxygens (including phenoxy) is 1. The molecule has 0 saturated carbocycles. The van der Waals surface area contributed by atoms with Crippen LogP contribution in [0.15, 0.2) is 18.2 Å². The molecule has 0 spiro atoms. The monoisotopic (exact) mass is 293 g/mol. The number of benzene rings is 1. The van der Waals surface area contributed by atoms with Crippen LogP contribution in [0.5, 0.6) is 0 Å². The van der Waals surface area contributed by atoms with Crippen molar-refractivity contribution >= 4 is 17.3 Å². The van der Waals surface area contributed by atoms with Gasteiger partial charge in [0.15, 0.2) is 0 Å². The van der Waals surface area contributed by atoms with E-state index in [2.05, 4.69) is 5.32 Å². The van der Waals surface area contributed by atoms with Gasteiger partial charge in [-0.15, -0.1) is 0 Å². The van der Waals surface area contributed by atoms with E-state index in [-0.39, 0.29) is 11.7 Å². The average molecular weight is 293 g/mol. The zero-order valence-corrected chi connectivity index (χ0v) is 12.2. The molecule has 1 aromatic rings. The topological polar surface area (TPSA) is 84.7 Å². The fourth-order valence-corrected chi connectivity index (χ4v) is 2.44. The van der Waals surface area contributed by atoms with Crippen molar-refractivity contribution in [2.45, 2.75) is 19.9 Å². The number of carbonyl (C=O) groups excluding carboxylic acids is 1. The minimum Gasteiger partial charge on any atom is -0.464 e. The van der Waals surface area contributed by atoms with Crippen LogP contribution in [0, 0.1) is 17.0 Å². The third-order valence-corrected chi connectivity index (χ3v) is 3.52. The number of rotatable bonds is 4. The molecule has 114 valence electrons. The lowest BCUT2D eigenvalue weighted by atomic mass is 10.1. The number of nitro groups is 1. The minimum absolute atomic E-state index is 0.0636. The van der Waals surface area contributed by atoms with E-state index in [9.17, 15) is 14.9 Å². The largest absolute Gasteiger partial charge is 0.464 e. The number of hydrogen-bond donors (Lipinski definition) is 1. The van der Waals surface area contributed by atoms with Gasteiger partial charge in [0, 0.05) is 37.0 Å². The lowest BCUT2D eigenvalue weighted by Crippen LogP contribution is -2.55. The molecule has 1 aliphatic rings. The Kier molecular flexibility index (Phi) is 4.74. The molecule has 1 aliphatic heterocycles. The molecule has 21 heavy (non-hydrogen) atoms. The van der Waals surface area contributed by atoms with Gasteiger partial charge in [0.2, 0.25) is 0 Å². The van der Waals surface area contributed by atoms with Crippen LogP contribution in [0.25, 0.3) is 0 Å². The van der Waals surface area contributed by atoms with Crippen molar-refractivity contribution in [1.29, 1.82) is 0 Å². The zero-order chi connectivity index (χ0) is 15.4. The van der Waals surface area contributed by atoms with Gasteiger partial charge in [-0.2, -0.15) is 0 Å². The highest BCUT2D eigenvalue weighted by atomic mass is 16.6. The van der Waals surface area contributed by atoms with Crippen molar-refractivity contribution in [3.8, 4) is 0 Å². The summed E-state index contributed by atoms with van der Waals surface area (Å²) in [5, 5.41) is 14.2. The second-order valence-corrected chi connectivity index (χ2v) is 4.89. The third kappa shape index (κ3) is 3.30. The molecule has 0 radical (unpaired) electrons. The summed E-state index contributed by atoms with van der Waals surface area (Å²) in [7, 11) is 0. The van der Waals surface area contributed by atoms with Crippen molar-refractivity contribution in [3.05, 3.63) is 33.9 Å². The van der Waals surface area contributed by atoms with Crippen molar-refractivity contribution < 1.29 is 14.5 Å². The van der Waals surface area contributed by atoms with Crippen LogP contribution in [-0.4, -0.2) is 43.2 Å². The van der Waals surface area contributed by atoms with E-state index in [4.69, 9.17) is 4.74 Å². The Hall–Kier alpha value is -2.15. The van der Waals surface area contributed by atoms with E-state index in [1.54, 1.807) is 26.0 Å². The maximum absolute atomic E-state index is 12.0. The second-order valence-electron chi connectivity index (χ2n) is 4.89. The van der Waals surface area contributed by atoms with Crippen LogP contribution in [0.1, 0.15) is 12.5 Å². The van der Waals surface area contributed by atoms with Gasteiger partial charge in [-0.3, -0.25) is 10.1 Å². The van der Waals surface area contributed by atoms with Crippen LogP contribution in [0.3, 0.4) is 0 Å². The number of nitrogens with zero attached hydrogens (tertiary/aromatic N) is 2. The van der Waals surface area contributed by atoms with Gasteiger partial charge in [-0.1, -0.05) is 6.07 Å². The highest BCUT2D eigenvalue weighted by molar-refractivity contribution is 5.81. The lowest BCUT2D eigenvalue weighted by molar-refractivity contribution is -0.385. The normalized spacial score (nSPS) is 18.4. The lowest BCUT2D eigenvalue weighted by Gasteiger charge is -2.36. The Morgan fingerprint density at radius 2 is 2.33 bits per heavy atom. The first-order chi connectivity index (χ1) is 10.0. The fraction of sp³-hybridized carbons (Fsp3) is 0.500. The molecule has 1 heterocycles. The molecule has 0 aliphatic carbocycles. The van der Waals surface area contributed by atoms with Crippen LogP contribution in [-0.2, 0) is 9.53 Å². The van der Waals surface area contributed by atoms with Gasteiger partial charge in [-0.25, -0.2) is 4.79 Å². The van der Waals surface area contributed by atoms with Crippen molar-refractivity contribution in [3.63, 3.8) is 0 Å². The number of anilines is 1. The van der Waals surface area contributed by atoms with Gasteiger partial charge in [0.1, 0.15) is 6.04 Å². The maximum Gasteiger partial charge on any atom is 0.330 e. The Morgan fingerprint density at radius 1 is 1.57 bits per heavy atom. The first kappa shape index (κ1) is 15.2. The third-order valence-electron chi connectivity index (χ3n) is 3.52.